The predicted molar refractivity (Wildman–Crippen MR) is 81.7 cm³/mol. The van der Waals surface area contributed by atoms with Crippen molar-refractivity contribution in [3.05, 3.63) is 59.8 Å². The van der Waals surface area contributed by atoms with Crippen molar-refractivity contribution < 1.29 is 8.83 Å². The Bertz CT molecular complexity index is 623. The van der Waals surface area contributed by atoms with E-state index in [4.69, 9.17) is 8.83 Å². The molecule has 0 N–H and O–H groups in total. The zero-order valence-corrected chi connectivity index (χ0v) is 12.6. The van der Waals surface area contributed by atoms with Crippen molar-refractivity contribution in [2.24, 2.45) is 0 Å². The van der Waals surface area contributed by atoms with Crippen LogP contribution in [-0.4, -0.2) is 0 Å². The average Bonchev–Trinajstić information content (AvgIpc) is 3.07. The van der Waals surface area contributed by atoms with Gasteiger partial charge in [0.25, 0.3) is 0 Å². The third-order valence-corrected chi connectivity index (χ3v) is 6.87. The second kappa shape index (κ2) is 5.33. The molecular formula is C15H14O2P2. The Kier molecular flexibility index (Phi) is 3.55. The van der Waals surface area contributed by atoms with Gasteiger partial charge >= 0.3 is 0 Å². The molecular weight excluding hydrogens is 274 g/mol. The highest BCUT2D eigenvalue weighted by molar-refractivity contribution is 7.85. The van der Waals surface area contributed by atoms with Crippen LogP contribution in [-0.2, 0) is 0 Å². The standard InChI is InChI=1S/C15H14O2P2/c1-11-9-15(18-10-12(11)2)19(13-5-3-7-16-13)14-6-4-8-17-14/h3-10H,1-2H3. The molecule has 0 aliphatic heterocycles. The van der Waals surface area contributed by atoms with E-state index in [2.05, 4.69) is 25.7 Å². The Morgan fingerprint density at radius 1 is 0.947 bits per heavy atom. The summed E-state index contributed by atoms with van der Waals surface area (Å²) in [6.07, 6.45) is 3.46. The SMILES string of the molecule is Cc1cpc(P(c2ccco2)c2ccco2)cc1C. The first-order chi connectivity index (χ1) is 9.25. The van der Waals surface area contributed by atoms with Gasteiger partial charge in [0, 0.05) is 5.04 Å². The molecule has 0 unspecified atom stereocenters. The highest BCUT2D eigenvalue weighted by Crippen LogP contribution is 2.36. The lowest BCUT2D eigenvalue weighted by molar-refractivity contribution is 0.594. The maximum Gasteiger partial charge on any atom is 0.138 e. The zero-order chi connectivity index (χ0) is 13.2. The lowest BCUT2D eigenvalue weighted by Gasteiger charge is -2.13. The van der Waals surface area contributed by atoms with Crippen molar-refractivity contribution in [3.8, 4) is 0 Å². The first-order valence-electron chi connectivity index (χ1n) is 6.06. The molecule has 0 radical (unpaired) electrons. The van der Waals surface area contributed by atoms with Crippen LogP contribution in [0, 0.1) is 13.8 Å². The summed E-state index contributed by atoms with van der Waals surface area (Å²) in [5.74, 6) is 2.26. The normalized spacial score (nSPS) is 11.5. The van der Waals surface area contributed by atoms with Crippen molar-refractivity contribution >= 4 is 32.2 Å². The fourth-order valence-corrected chi connectivity index (χ4v) is 5.68. The molecule has 3 heterocycles. The molecule has 0 saturated heterocycles. The minimum atomic E-state index is -0.691. The van der Waals surface area contributed by atoms with Gasteiger partial charge in [-0.1, -0.05) is 8.19 Å². The van der Waals surface area contributed by atoms with Gasteiger partial charge < -0.3 is 8.83 Å². The molecule has 4 heteroatoms. The summed E-state index contributed by atoms with van der Waals surface area (Å²) in [5, 5.41) is 1.35. The molecule has 0 aromatic carbocycles. The van der Waals surface area contributed by atoms with Crippen LogP contribution in [0.2, 0.25) is 0 Å². The first kappa shape index (κ1) is 12.7. The van der Waals surface area contributed by atoms with E-state index in [1.807, 2.05) is 24.3 Å². The van der Waals surface area contributed by atoms with E-state index in [9.17, 15) is 0 Å². The van der Waals surface area contributed by atoms with Gasteiger partial charge in [-0.3, -0.25) is 0 Å². The molecule has 0 fully saturated rings. The summed E-state index contributed by atoms with van der Waals surface area (Å²) >= 11 is 0. The molecule has 3 aromatic heterocycles. The Morgan fingerprint density at radius 3 is 2.05 bits per heavy atom. The second-order valence-corrected chi connectivity index (χ2v) is 7.75. The van der Waals surface area contributed by atoms with Gasteiger partial charge in [0.1, 0.15) is 11.0 Å². The number of aryl methyl sites for hydroxylation is 2. The Morgan fingerprint density at radius 2 is 1.58 bits per heavy atom. The summed E-state index contributed by atoms with van der Waals surface area (Å²) in [4.78, 5) is 0. The molecule has 0 amide bonds. The third-order valence-electron chi connectivity index (χ3n) is 3.04. The van der Waals surface area contributed by atoms with Crippen LogP contribution in [0.15, 0.2) is 57.5 Å². The van der Waals surface area contributed by atoms with Gasteiger partial charge in [-0.25, -0.2) is 0 Å². The molecule has 0 spiro atoms. The van der Waals surface area contributed by atoms with Crippen LogP contribution in [0.4, 0.5) is 0 Å². The molecule has 0 aliphatic rings. The Balaban J connectivity index is 2.12. The summed E-state index contributed by atoms with van der Waals surface area (Å²) in [5.41, 5.74) is 4.65. The lowest BCUT2D eigenvalue weighted by Crippen LogP contribution is -2.17. The van der Waals surface area contributed by atoms with E-state index >= 15 is 0 Å². The largest absolute Gasteiger partial charge is 0.464 e. The molecule has 96 valence electrons. The molecule has 0 atom stereocenters. The Hall–Kier alpha value is -1.36. The maximum absolute atomic E-state index is 5.63. The van der Waals surface area contributed by atoms with Crippen molar-refractivity contribution in [2.75, 3.05) is 0 Å². The van der Waals surface area contributed by atoms with Crippen LogP contribution in [0.5, 0.6) is 0 Å². The molecule has 3 rings (SSSR count). The van der Waals surface area contributed by atoms with Gasteiger partial charge in [-0.15, -0.1) is 0 Å². The van der Waals surface area contributed by atoms with E-state index in [0.29, 0.717) is 0 Å². The minimum Gasteiger partial charge on any atom is -0.464 e. The van der Waals surface area contributed by atoms with Crippen LogP contribution in [0.25, 0.3) is 0 Å². The highest BCUT2D eigenvalue weighted by Gasteiger charge is 2.22. The molecule has 0 aliphatic carbocycles. The first-order valence-corrected chi connectivity index (χ1v) is 8.36. The van der Waals surface area contributed by atoms with Crippen LogP contribution in [0.3, 0.4) is 0 Å². The smallest absolute Gasteiger partial charge is 0.138 e. The number of rotatable bonds is 3. The lowest BCUT2D eigenvalue weighted by atomic mass is 10.2. The van der Waals surface area contributed by atoms with E-state index in [0.717, 1.165) is 11.0 Å². The van der Waals surface area contributed by atoms with Gasteiger partial charge in [-0.05, 0) is 61.1 Å². The summed E-state index contributed by atoms with van der Waals surface area (Å²) < 4.78 is 11.3. The monoisotopic (exact) mass is 288 g/mol. The van der Waals surface area contributed by atoms with Gasteiger partial charge in [0.15, 0.2) is 0 Å². The fraction of sp³-hybridized carbons (Fsp3) is 0.133. The number of furan rings is 2. The van der Waals surface area contributed by atoms with Crippen LogP contribution >= 0.6 is 16.1 Å². The topological polar surface area (TPSA) is 26.3 Å². The van der Waals surface area contributed by atoms with E-state index in [-0.39, 0.29) is 0 Å². The van der Waals surface area contributed by atoms with Crippen LogP contribution < -0.4 is 16.0 Å². The second-order valence-electron chi connectivity index (χ2n) is 4.36. The summed E-state index contributed by atoms with van der Waals surface area (Å²) in [7, 11) is 0.544. The van der Waals surface area contributed by atoms with Gasteiger partial charge in [-0.2, -0.15) is 0 Å². The third kappa shape index (κ3) is 2.52. The van der Waals surface area contributed by atoms with Crippen molar-refractivity contribution in [3.63, 3.8) is 0 Å². The number of hydrogen-bond acceptors (Lipinski definition) is 2. The highest BCUT2D eigenvalue weighted by atomic mass is 31.1. The molecule has 2 nitrogen and oxygen atoms in total. The molecule has 19 heavy (non-hydrogen) atoms. The average molecular weight is 288 g/mol. The summed E-state index contributed by atoms with van der Waals surface area (Å²) in [6, 6.07) is 10.2. The predicted octanol–water partition coefficient (Wildman–Crippen LogP) is 3.83. The summed E-state index contributed by atoms with van der Waals surface area (Å²) in [6.45, 7) is 4.30. The van der Waals surface area contributed by atoms with Gasteiger partial charge in [0.2, 0.25) is 0 Å². The van der Waals surface area contributed by atoms with E-state index in [1.54, 1.807) is 12.5 Å². The van der Waals surface area contributed by atoms with Crippen molar-refractivity contribution in [1.82, 2.24) is 0 Å². The molecule has 0 bridgehead atoms. The zero-order valence-electron chi connectivity index (χ0n) is 10.8. The van der Waals surface area contributed by atoms with E-state index in [1.165, 1.54) is 24.4 Å². The van der Waals surface area contributed by atoms with Crippen molar-refractivity contribution in [2.45, 2.75) is 13.8 Å². The quantitative estimate of drug-likeness (QED) is 0.685. The van der Waals surface area contributed by atoms with Crippen molar-refractivity contribution in [1.29, 1.82) is 0 Å². The molecule has 3 aromatic rings. The Labute approximate surface area is 115 Å². The minimum absolute atomic E-state index is 0.691. The maximum atomic E-state index is 5.63. The van der Waals surface area contributed by atoms with E-state index < -0.39 is 7.92 Å². The van der Waals surface area contributed by atoms with Crippen LogP contribution in [0.1, 0.15) is 11.1 Å². The number of hydrogen-bond donors (Lipinski definition) is 0. The molecule has 0 saturated carbocycles. The fourth-order valence-electron chi connectivity index (χ4n) is 1.86. The van der Waals surface area contributed by atoms with Gasteiger partial charge in [0.05, 0.1) is 20.4 Å².